The lowest BCUT2D eigenvalue weighted by molar-refractivity contribution is 0.511. The first-order valence-electron chi connectivity index (χ1n) is 19.8. The molecule has 0 radical (unpaired) electrons. The van der Waals surface area contributed by atoms with Crippen LogP contribution in [0.1, 0.15) is 64.5 Å². The first-order valence-corrected chi connectivity index (χ1v) is 19.8. The highest BCUT2D eigenvalue weighted by molar-refractivity contribution is 6.10. The molecule has 2 nitrogen and oxygen atoms in total. The Hall–Kier alpha value is -5.60. The van der Waals surface area contributed by atoms with E-state index in [4.69, 9.17) is 4.42 Å². The van der Waals surface area contributed by atoms with Crippen LogP contribution in [0.4, 0.5) is 11.4 Å². The maximum atomic E-state index is 6.86. The average Bonchev–Trinajstić information content (AvgIpc) is 3.91. The number of fused-ring (bicyclic) bond motifs is 5. The molecule has 54 heavy (non-hydrogen) atoms. The Morgan fingerprint density at radius 3 is 2.39 bits per heavy atom. The predicted octanol–water partition coefficient (Wildman–Crippen LogP) is 13.8. The second kappa shape index (κ2) is 12.5. The van der Waals surface area contributed by atoms with Crippen LogP contribution >= 0.6 is 0 Å². The van der Waals surface area contributed by atoms with Crippen LogP contribution in [0.3, 0.4) is 0 Å². The lowest BCUT2D eigenvalue weighted by atomic mass is 9.63. The summed E-state index contributed by atoms with van der Waals surface area (Å²) in [5.41, 5.74) is 17.0. The molecule has 5 aliphatic rings. The molecule has 0 saturated heterocycles. The number of benzene rings is 4. The molecule has 5 aromatic rings. The van der Waals surface area contributed by atoms with Crippen molar-refractivity contribution in [2.24, 2.45) is 11.3 Å². The van der Waals surface area contributed by atoms with Crippen molar-refractivity contribution < 1.29 is 4.42 Å². The predicted molar refractivity (Wildman–Crippen MR) is 227 cm³/mol. The summed E-state index contributed by atoms with van der Waals surface area (Å²) in [5, 5.41) is 2.31. The Morgan fingerprint density at radius 2 is 1.52 bits per heavy atom. The minimum Gasteiger partial charge on any atom is -0.454 e. The summed E-state index contributed by atoms with van der Waals surface area (Å²) in [4.78, 5) is 2.64. The first-order chi connectivity index (χ1) is 26.3. The normalized spacial score (nSPS) is 23.3. The molecule has 0 bridgehead atoms. The van der Waals surface area contributed by atoms with Crippen molar-refractivity contribution in [3.63, 3.8) is 0 Å². The number of nitrogens with zero attached hydrogens (tertiary/aromatic N) is 1. The summed E-state index contributed by atoms with van der Waals surface area (Å²) < 4.78 is 6.86. The Bertz CT molecular complexity index is 2600. The fourth-order valence-corrected chi connectivity index (χ4v) is 9.89. The van der Waals surface area contributed by atoms with Crippen molar-refractivity contribution >= 4 is 38.9 Å². The Morgan fingerprint density at radius 1 is 0.741 bits per heavy atom. The molecule has 266 valence electrons. The summed E-state index contributed by atoms with van der Waals surface area (Å²) in [6.45, 7) is 9.45. The van der Waals surface area contributed by atoms with Gasteiger partial charge in [0.25, 0.3) is 0 Å². The molecule has 0 aliphatic heterocycles. The summed E-state index contributed by atoms with van der Waals surface area (Å²) in [6, 6.07) is 35.6. The minimum atomic E-state index is -0.121. The molecular formula is C52H47NO. The van der Waals surface area contributed by atoms with Gasteiger partial charge < -0.3 is 9.32 Å². The van der Waals surface area contributed by atoms with Crippen molar-refractivity contribution in [1.29, 1.82) is 0 Å². The minimum absolute atomic E-state index is 0.0549. The number of allylic oxidation sites excluding steroid dienone is 13. The number of anilines is 2. The van der Waals surface area contributed by atoms with Crippen molar-refractivity contribution in [1.82, 2.24) is 0 Å². The van der Waals surface area contributed by atoms with Gasteiger partial charge in [0.1, 0.15) is 5.58 Å². The van der Waals surface area contributed by atoms with Gasteiger partial charge in [0.15, 0.2) is 5.58 Å². The van der Waals surface area contributed by atoms with E-state index in [0.29, 0.717) is 5.92 Å². The van der Waals surface area contributed by atoms with Gasteiger partial charge in [0.2, 0.25) is 0 Å². The molecule has 0 saturated carbocycles. The van der Waals surface area contributed by atoms with E-state index in [1.807, 2.05) is 0 Å². The third kappa shape index (κ3) is 5.22. The second-order valence-electron chi connectivity index (χ2n) is 16.8. The van der Waals surface area contributed by atoms with E-state index in [1.54, 1.807) is 0 Å². The zero-order chi connectivity index (χ0) is 36.6. The Kier molecular flexibility index (Phi) is 7.63. The third-order valence-electron chi connectivity index (χ3n) is 12.5. The van der Waals surface area contributed by atoms with Crippen molar-refractivity contribution in [2.45, 2.75) is 64.8 Å². The molecule has 0 spiro atoms. The molecule has 2 heteroatoms. The van der Waals surface area contributed by atoms with Gasteiger partial charge in [0, 0.05) is 33.4 Å². The van der Waals surface area contributed by atoms with Gasteiger partial charge in [-0.25, -0.2) is 0 Å². The van der Waals surface area contributed by atoms with Crippen molar-refractivity contribution in [3.8, 4) is 0 Å². The number of hydrogen-bond acceptors (Lipinski definition) is 2. The van der Waals surface area contributed by atoms with Crippen LogP contribution in [-0.2, 0) is 5.41 Å². The van der Waals surface area contributed by atoms with E-state index in [2.05, 4.69) is 184 Å². The van der Waals surface area contributed by atoms with E-state index in [0.717, 1.165) is 53.3 Å². The molecule has 1 aromatic heterocycles. The average molecular weight is 702 g/mol. The lowest BCUT2D eigenvalue weighted by Crippen LogP contribution is -2.37. The zero-order valence-corrected chi connectivity index (χ0v) is 31.8. The smallest absolute Gasteiger partial charge is 0.159 e. The van der Waals surface area contributed by atoms with Crippen LogP contribution in [0.25, 0.3) is 27.5 Å². The van der Waals surface area contributed by atoms with Gasteiger partial charge in [-0.2, -0.15) is 0 Å². The maximum absolute atomic E-state index is 6.86. The zero-order valence-electron chi connectivity index (χ0n) is 31.8. The van der Waals surface area contributed by atoms with E-state index in [-0.39, 0.29) is 16.9 Å². The largest absolute Gasteiger partial charge is 0.454 e. The molecule has 2 unspecified atom stereocenters. The number of furan rings is 1. The quantitative estimate of drug-likeness (QED) is 0.175. The molecule has 0 N–H and O–H groups in total. The Balaban J connectivity index is 1.20. The van der Waals surface area contributed by atoms with Gasteiger partial charge in [0.05, 0.1) is 11.7 Å². The van der Waals surface area contributed by atoms with E-state index in [1.165, 1.54) is 55.8 Å². The highest BCUT2D eigenvalue weighted by Crippen LogP contribution is 2.55. The molecule has 0 amide bonds. The Labute approximate surface area is 319 Å². The molecule has 10 rings (SSSR count). The summed E-state index contributed by atoms with van der Waals surface area (Å²) in [6.07, 6.45) is 25.5. The lowest BCUT2D eigenvalue weighted by Gasteiger charge is -2.43. The molecule has 1 heterocycles. The third-order valence-corrected chi connectivity index (χ3v) is 12.5. The second-order valence-corrected chi connectivity index (χ2v) is 16.8. The highest BCUT2D eigenvalue weighted by atomic mass is 16.3. The van der Waals surface area contributed by atoms with Crippen LogP contribution in [0.2, 0.25) is 0 Å². The van der Waals surface area contributed by atoms with Gasteiger partial charge >= 0.3 is 0 Å². The van der Waals surface area contributed by atoms with Gasteiger partial charge in [-0.1, -0.05) is 161 Å². The maximum Gasteiger partial charge on any atom is 0.159 e. The van der Waals surface area contributed by atoms with Crippen LogP contribution in [0.5, 0.6) is 0 Å². The SMILES string of the molecule is CC(C)(C)C1=CC=C(c2ccccc2N(c2cccc3c2oc2ccccc23)C2CC=CC=C2C2=C3C(=CCC2)C=CCC3(C)c2ccccc2)[C@H]2C=C12. The molecule has 4 aromatic carbocycles. The summed E-state index contributed by atoms with van der Waals surface area (Å²) in [7, 11) is 0. The topological polar surface area (TPSA) is 16.4 Å². The van der Waals surface area contributed by atoms with Gasteiger partial charge in [-0.05, 0) is 93.9 Å². The molecule has 0 fully saturated rings. The van der Waals surface area contributed by atoms with Crippen molar-refractivity contribution in [3.05, 3.63) is 196 Å². The summed E-state index contributed by atoms with van der Waals surface area (Å²) >= 11 is 0. The number of hydrogen-bond donors (Lipinski definition) is 0. The van der Waals surface area contributed by atoms with Crippen molar-refractivity contribution in [2.75, 3.05) is 4.90 Å². The number of rotatable bonds is 6. The van der Waals surface area contributed by atoms with Gasteiger partial charge in [-0.15, -0.1) is 0 Å². The fourth-order valence-electron chi connectivity index (χ4n) is 9.89. The fraction of sp³-hybridized carbons (Fsp3) is 0.231. The monoisotopic (exact) mass is 701 g/mol. The van der Waals surface area contributed by atoms with Crippen LogP contribution in [0.15, 0.2) is 190 Å². The van der Waals surface area contributed by atoms with Crippen LogP contribution < -0.4 is 4.90 Å². The van der Waals surface area contributed by atoms with Crippen LogP contribution in [-0.4, -0.2) is 6.04 Å². The van der Waals surface area contributed by atoms with E-state index in [9.17, 15) is 0 Å². The van der Waals surface area contributed by atoms with Crippen LogP contribution in [0, 0.1) is 11.3 Å². The van der Waals surface area contributed by atoms with Gasteiger partial charge in [-0.3, -0.25) is 0 Å². The molecule has 3 atom stereocenters. The summed E-state index contributed by atoms with van der Waals surface area (Å²) in [5.74, 6) is 0.354. The highest BCUT2D eigenvalue weighted by Gasteiger charge is 2.42. The standard InChI is InChI=1S/C52H47NO/c1-51(2,3)44-31-30-36(42-33-43(42)44)37-21-8-11-26-45(37)53(47-28-15-25-41-39-23-10-13-29-48(39)54-50(41)47)46-27-12-9-22-38(46)40-24-14-17-34-18-16-32-52(4,49(34)40)35-19-6-5-7-20-35/h5-13,15-23,25-26,28-31,33,42,46H,14,24,27,32H2,1-4H3/t42-,46?,52?/m1/s1. The molecule has 5 aliphatic carbocycles. The number of para-hydroxylation sites is 3. The molecular weight excluding hydrogens is 655 g/mol. The van der Waals surface area contributed by atoms with E-state index >= 15 is 0 Å². The first kappa shape index (κ1) is 33.0. The van der Waals surface area contributed by atoms with E-state index < -0.39 is 0 Å².